The lowest BCUT2D eigenvalue weighted by molar-refractivity contribution is 0.0601. The van der Waals surface area contributed by atoms with Crippen molar-refractivity contribution in [3.8, 4) is 0 Å². The zero-order valence-electron chi connectivity index (χ0n) is 15.6. The van der Waals surface area contributed by atoms with Crippen LogP contribution < -0.4 is 10.2 Å². The molecule has 1 heterocycles. The van der Waals surface area contributed by atoms with Gasteiger partial charge in [0.1, 0.15) is 0 Å². The fourth-order valence-corrected chi connectivity index (χ4v) is 3.20. The average Bonchev–Trinajstić information content (AvgIpc) is 3.15. The first-order chi connectivity index (χ1) is 12.3. The van der Waals surface area contributed by atoms with Crippen molar-refractivity contribution >= 4 is 34.7 Å². The zero-order chi connectivity index (χ0) is 19.3. The van der Waals surface area contributed by atoms with E-state index in [1.54, 1.807) is 47.7 Å². The highest BCUT2D eigenvalue weighted by atomic mass is 32.1. The molecule has 1 N–H and O–H groups in total. The molecule has 1 aromatic carbocycles. The maximum absolute atomic E-state index is 12.6. The number of hydrogen-bond donors (Lipinski definition) is 1. The van der Waals surface area contributed by atoms with Crippen molar-refractivity contribution in [2.45, 2.75) is 12.8 Å². The molecule has 0 aliphatic carbocycles. The van der Waals surface area contributed by atoms with Gasteiger partial charge in [-0.3, -0.25) is 0 Å². The van der Waals surface area contributed by atoms with E-state index in [1.165, 1.54) is 7.11 Å². The second-order valence-corrected chi connectivity index (χ2v) is 7.13. The Morgan fingerprint density at radius 2 is 2.04 bits per heavy atom. The van der Waals surface area contributed by atoms with Crippen LogP contribution in [0.5, 0.6) is 0 Å². The molecule has 2 rings (SSSR count). The molecule has 0 saturated carbocycles. The molecule has 1 aromatic heterocycles. The minimum Gasteiger partial charge on any atom is -0.465 e. The van der Waals surface area contributed by atoms with Crippen LogP contribution in [0.1, 0.15) is 28.2 Å². The maximum atomic E-state index is 12.6. The highest BCUT2D eigenvalue weighted by Crippen LogP contribution is 2.27. The first-order valence-electron chi connectivity index (χ1n) is 8.14. The van der Waals surface area contributed by atoms with Gasteiger partial charge in [0.15, 0.2) is 0 Å². The van der Waals surface area contributed by atoms with Gasteiger partial charge < -0.3 is 19.9 Å². The third-order valence-corrected chi connectivity index (χ3v) is 4.92. The topological polar surface area (TPSA) is 74.8 Å². The predicted molar refractivity (Wildman–Crippen MR) is 104 cm³/mol. The third-order valence-electron chi connectivity index (χ3n) is 3.91. The molecule has 0 aliphatic rings. The van der Waals surface area contributed by atoms with Gasteiger partial charge in [0, 0.05) is 45.2 Å². The van der Waals surface area contributed by atoms with Crippen molar-refractivity contribution in [1.29, 1.82) is 0 Å². The van der Waals surface area contributed by atoms with Crippen molar-refractivity contribution in [1.82, 2.24) is 9.88 Å². The molecule has 0 radical (unpaired) electrons. The average molecular weight is 376 g/mol. The van der Waals surface area contributed by atoms with Gasteiger partial charge in [-0.15, -0.1) is 11.3 Å². The van der Waals surface area contributed by atoms with Crippen LogP contribution in [-0.2, 0) is 4.74 Å². The Bertz CT molecular complexity index is 762. The monoisotopic (exact) mass is 376 g/mol. The smallest absolute Gasteiger partial charge is 0.337 e. The summed E-state index contributed by atoms with van der Waals surface area (Å²) >= 11 is 1.58. The molecule has 2 amide bonds. The van der Waals surface area contributed by atoms with E-state index in [9.17, 15) is 9.59 Å². The molecule has 26 heavy (non-hydrogen) atoms. The molecule has 140 valence electrons. The molecule has 0 bridgehead atoms. The summed E-state index contributed by atoms with van der Waals surface area (Å²) in [4.78, 5) is 32.0. The number of carbonyl (C=O) groups is 2. The summed E-state index contributed by atoms with van der Waals surface area (Å²) in [5.74, 6) is -0.263. The largest absolute Gasteiger partial charge is 0.465 e. The zero-order valence-corrected chi connectivity index (χ0v) is 16.5. The van der Waals surface area contributed by atoms with Crippen LogP contribution in [0.2, 0.25) is 0 Å². The molecule has 0 spiro atoms. The summed E-state index contributed by atoms with van der Waals surface area (Å²) in [5.41, 5.74) is 1.78. The number of anilines is 2. The molecule has 2 aromatic rings. The number of aromatic nitrogens is 1. The standard InChI is InChI=1S/C18H24N4O3S/c1-12(16-19-8-9-26-16)11-22(4)18(24)20-14-7-6-13(17(23)25-5)10-15(14)21(2)3/h6-10,12H,11H2,1-5H3,(H,20,24)/t12-/m1/s1. The molecule has 0 aliphatic heterocycles. The number of nitrogens with one attached hydrogen (secondary N) is 1. The number of hydrogen-bond acceptors (Lipinski definition) is 6. The van der Waals surface area contributed by atoms with Crippen LogP contribution in [0.3, 0.4) is 0 Å². The van der Waals surface area contributed by atoms with E-state index in [2.05, 4.69) is 10.3 Å². The predicted octanol–water partition coefficient (Wildman–Crippen LogP) is 3.26. The Morgan fingerprint density at radius 1 is 1.31 bits per heavy atom. The van der Waals surface area contributed by atoms with E-state index in [0.29, 0.717) is 17.8 Å². The number of thiazole rings is 1. The number of ether oxygens (including phenoxy) is 1. The van der Waals surface area contributed by atoms with Gasteiger partial charge in [-0.05, 0) is 18.2 Å². The lowest BCUT2D eigenvalue weighted by Crippen LogP contribution is -2.34. The number of likely N-dealkylation sites (N-methyl/N-ethyl adjacent to an activating group) is 1. The van der Waals surface area contributed by atoms with Crippen molar-refractivity contribution in [2.24, 2.45) is 0 Å². The summed E-state index contributed by atoms with van der Waals surface area (Å²) in [6, 6.07) is 4.81. The lowest BCUT2D eigenvalue weighted by Gasteiger charge is -2.23. The van der Waals surface area contributed by atoms with Gasteiger partial charge in [-0.1, -0.05) is 6.92 Å². The maximum Gasteiger partial charge on any atom is 0.337 e. The number of nitrogens with zero attached hydrogens (tertiary/aromatic N) is 3. The fourth-order valence-electron chi connectivity index (χ4n) is 2.51. The molecular formula is C18H24N4O3S. The van der Waals surface area contributed by atoms with E-state index in [0.717, 1.165) is 10.7 Å². The first-order valence-corrected chi connectivity index (χ1v) is 9.02. The third kappa shape index (κ3) is 4.72. The van der Waals surface area contributed by atoms with Crippen molar-refractivity contribution in [2.75, 3.05) is 45.0 Å². The van der Waals surface area contributed by atoms with Crippen molar-refractivity contribution in [3.05, 3.63) is 40.3 Å². The highest BCUT2D eigenvalue weighted by Gasteiger charge is 2.18. The molecule has 0 saturated heterocycles. The molecule has 0 fully saturated rings. The van der Waals surface area contributed by atoms with E-state index in [4.69, 9.17) is 4.74 Å². The summed E-state index contributed by atoms with van der Waals surface area (Å²) in [7, 11) is 6.78. The number of esters is 1. The van der Waals surface area contributed by atoms with Crippen LogP contribution >= 0.6 is 11.3 Å². The van der Waals surface area contributed by atoms with E-state index in [-0.39, 0.29) is 11.9 Å². The molecular weight excluding hydrogens is 352 g/mol. The Hall–Kier alpha value is -2.61. The SMILES string of the molecule is COC(=O)c1ccc(NC(=O)N(C)C[C@@H](C)c2nccs2)c(N(C)C)c1. The summed E-state index contributed by atoms with van der Waals surface area (Å²) in [5, 5.41) is 5.83. The van der Waals surface area contributed by atoms with Gasteiger partial charge in [0.2, 0.25) is 0 Å². The number of rotatable bonds is 6. The number of benzene rings is 1. The Morgan fingerprint density at radius 3 is 2.62 bits per heavy atom. The van der Waals surface area contributed by atoms with Crippen LogP contribution in [0.15, 0.2) is 29.8 Å². The minimum absolute atomic E-state index is 0.153. The second kappa shape index (κ2) is 8.66. The molecule has 7 nitrogen and oxygen atoms in total. The second-order valence-electron chi connectivity index (χ2n) is 6.20. The van der Waals surface area contributed by atoms with Gasteiger partial charge in [0.25, 0.3) is 0 Å². The van der Waals surface area contributed by atoms with E-state index >= 15 is 0 Å². The van der Waals surface area contributed by atoms with Crippen molar-refractivity contribution < 1.29 is 14.3 Å². The summed E-state index contributed by atoms with van der Waals surface area (Å²) < 4.78 is 4.75. The molecule has 1 atom stereocenters. The number of amides is 2. The number of carbonyl (C=O) groups excluding carboxylic acids is 2. The van der Waals surface area contributed by atoms with Gasteiger partial charge in [0.05, 0.1) is 29.1 Å². The summed E-state index contributed by atoms with van der Waals surface area (Å²) in [6.45, 7) is 2.59. The Labute approximate surface area is 157 Å². The van der Waals surface area contributed by atoms with Gasteiger partial charge >= 0.3 is 12.0 Å². The molecule has 0 unspecified atom stereocenters. The van der Waals surface area contributed by atoms with Crippen LogP contribution in [0.25, 0.3) is 0 Å². The summed E-state index contributed by atoms with van der Waals surface area (Å²) in [6.07, 6.45) is 1.77. The lowest BCUT2D eigenvalue weighted by atomic mass is 10.1. The van der Waals surface area contributed by atoms with E-state index < -0.39 is 5.97 Å². The van der Waals surface area contributed by atoms with Gasteiger partial charge in [-0.2, -0.15) is 0 Å². The van der Waals surface area contributed by atoms with E-state index in [1.807, 2.05) is 31.3 Å². The van der Waals surface area contributed by atoms with Crippen LogP contribution in [-0.4, -0.2) is 56.7 Å². The Balaban J connectivity index is 2.11. The van der Waals surface area contributed by atoms with Crippen LogP contribution in [0.4, 0.5) is 16.2 Å². The Kier molecular flexibility index (Phi) is 6.57. The van der Waals surface area contributed by atoms with Crippen molar-refractivity contribution in [3.63, 3.8) is 0 Å². The molecule has 8 heteroatoms. The van der Waals surface area contributed by atoms with Gasteiger partial charge in [-0.25, -0.2) is 14.6 Å². The normalized spacial score (nSPS) is 11.6. The number of urea groups is 1. The fraction of sp³-hybridized carbons (Fsp3) is 0.389. The number of methoxy groups -OCH3 is 1. The van der Waals surface area contributed by atoms with Crippen LogP contribution in [0, 0.1) is 0 Å². The minimum atomic E-state index is -0.416. The highest BCUT2D eigenvalue weighted by molar-refractivity contribution is 7.09. The quantitative estimate of drug-likeness (QED) is 0.783. The first kappa shape index (κ1) is 19.7.